The fraction of sp³-hybridized carbons (Fsp3) is 0.179. The zero-order chi connectivity index (χ0) is 25.5. The summed E-state index contributed by atoms with van der Waals surface area (Å²) in [5.41, 5.74) is 3.02. The first-order chi connectivity index (χ1) is 17.5. The third kappa shape index (κ3) is 5.55. The van der Waals surface area contributed by atoms with E-state index in [-0.39, 0.29) is 17.6 Å². The molecule has 1 aromatic heterocycles. The molecule has 0 saturated heterocycles. The molecule has 0 spiro atoms. The monoisotopic (exact) mass is 485 g/mol. The number of carbonyl (C=O) groups excluding carboxylic acids is 2. The Morgan fingerprint density at radius 2 is 1.58 bits per heavy atom. The van der Waals surface area contributed by atoms with Crippen LogP contribution >= 0.6 is 0 Å². The Bertz CT molecular complexity index is 1400. The number of phenols is 1. The fourth-order valence-electron chi connectivity index (χ4n) is 3.84. The van der Waals surface area contributed by atoms with Gasteiger partial charge in [-0.1, -0.05) is 24.3 Å². The quantitative estimate of drug-likeness (QED) is 0.307. The largest absolute Gasteiger partial charge is 0.508 e. The molecule has 8 nitrogen and oxygen atoms in total. The second-order valence-electron chi connectivity index (χ2n) is 8.06. The van der Waals surface area contributed by atoms with Gasteiger partial charge >= 0.3 is 0 Å². The van der Waals surface area contributed by atoms with Gasteiger partial charge in [0, 0.05) is 29.6 Å². The van der Waals surface area contributed by atoms with Gasteiger partial charge in [0.25, 0.3) is 11.8 Å². The number of carbonyl (C=O) groups is 2. The van der Waals surface area contributed by atoms with Crippen molar-refractivity contribution in [3.8, 4) is 28.5 Å². The highest BCUT2D eigenvalue weighted by Crippen LogP contribution is 2.33. The van der Waals surface area contributed by atoms with E-state index < -0.39 is 0 Å². The molecule has 0 aliphatic rings. The molecule has 0 saturated carbocycles. The number of ether oxygens (including phenoxy) is 2. The third-order valence-corrected chi connectivity index (χ3v) is 5.67. The second kappa shape index (κ2) is 11.2. The summed E-state index contributed by atoms with van der Waals surface area (Å²) in [7, 11) is 3.15. The predicted octanol–water partition coefficient (Wildman–Crippen LogP) is 4.17. The maximum absolute atomic E-state index is 13.1. The van der Waals surface area contributed by atoms with E-state index in [9.17, 15) is 14.7 Å². The molecule has 2 amide bonds. The average Bonchev–Trinajstić information content (AvgIpc) is 2.91. The number of fused-ring (bicyclic) bond motifs is 1. The van der Waals surface area contributed by atoms with Gasteiger partial charge in [0.2, 0.25) is 0 Å². The van der Waals surface area contributed by atoms with Crippen molar-refractivity contribution in [1.82, 2.24) is 15.6 Å². The molecular weight excluding hydrogens is 458 g/mol. The van der Waals surface area contributed by atoms with Gasteiger partial charge in [-0.05, 0) is 55.0 Å². The number of rotatable bonds is 9. The zero-order valence-electron chi connectivity index (χ0n) is 20.1. The molecule has 0 unspecified atom stereocenters. The Morgan fingerprint density at radius 3 is 2.33 bits per heavy atom. The summed E-state index contributed by atoms with van der Waals surface area (Å²) in [6.07, 6.45) is 0.543. The van der Waals surface area contributed by atoms with Gasteiger partial charge in [-0.3, -0.25) is 9.59 Å². The first kappa shape index (κ1) is 24.5. The number of benzene rings is 3. The Kier molecular flexibility index (Phi) is 7.65. The number of hydrogen-bond acceptors (Lipinski definition) is 6. The molecule has 184 valence electrons. The van der Waals surface area contributed by atoms with Crippen molar-refractivity contribution in [2.75, 3.05) is 27.3 Å². The van der Waals surface area contributed by atoms with E-state index in [0.717, 1.165) is 10.9 Å². The van der Waals surface area contributed by atoms with Crippen molar-refractivity contribution in [3.63, 3.8) is 0 Å². The number of methoxy groups -OCH3 is 2. The van der Waals surface area contributed by atoms with E-state index in [4.69, 9.17) is 14.5 Å². The first-order valence-corrected chi connectivity index (χ1v) is 11.5. The molecule has 36 heavy (non-hydrogen) atoms. The molecule has 0 atom stereocenters. The average molecular weight is 486 g/mol. The molecule has 0 radical (unpaired) electrons. The fourth-order valence-corrected chi connectivity index (χ4v) is 3.84. The summed E-state index contributed by atoms with van der Waals surface area (Å²) in [5, 5.41) is 16.0. The number of aromatic nitrogens is 1. The van der Waals surface area contributed by atoms with Crippen LogP contribution in [0.2, 0.25) is 0 Å². The van der Waals surface area contributed by atoms with Crippen molar-refractivity contribution in [3.05, 3.63) is 83.9 Å². The second-order valence-corrected chi connectivity index (χ2v) is 8.06. The minimum absolute atomic E-state index is 0.0342. The van der Waals surface area contributed by atoms with Crippen LogP contribution in [0.15, 0.2) is 72.8 Å². The Labute approximate surface area is 208 Å². The SMILES string of the molecule is COc1ccc(-c2cc(C(=O)NCCCNC(=O)c3cccc(O)c3)c3ccccc3n2)cc1OC. The summed E-state index contributed by atoms with van der Waals surface area (Å²) in [5.74, 6) is 0.707. The Hall–Kier alpha value is -4.59. The van der Waals surface area contributed by atoms with Gasteiger partial charge in [0.15, 0.2) is 11.5 Å². The molecule has 4 rings (SSSR count). The lowest BCUT2D eigenvalue weighted by atomic mass is 10.0. The first-order valence-electron chi connectivity index (χ1n) is 11.5. The molecule has 3 aromatic carbocycles. The standard InChI is InChI=1S/C28H27N3O5/c1-35-25-12-11-18(16-26(25)36-2)24-17-22(21-9-3-4-10-23(21)31-24)28(34)30-14-6-13-29-27(33)19-7-5-8-20(32)15-19/h3-5,7-12,15-17,32H,6,13-14H2,1-2H3,(H,29,33)(H,30,34). The molecule has 0 bridgehead atoms. The van der Waals surface area contributed by atoms with Crippen LogP contribution in [0.25, 0.3) is 22.2 Å². The highest BCUT2D eigenvalue weighted by molar-refractivity contribution is 6.07. The van der Waals surface area contributed by atoms with Crippen LogP contribution in [0.4, 0.5) is 0 Å². The van der Waals surface area contributed by atoms with Crippen LogP contribution in [0.1, 0.15) is 27.1 Å². The molecule has 0 aliphatic carbocycles. The van der Waals surface area contributed by atoms with E-state index in [2.05, 4.69) is 10.6 Å². The molecule has 8 heteroatoms. The van der Waals surface area contributed by atoms with Crippen molar-refractivity contribution < 1.29 is 24.2 Å². The van der Waals surface area contributed by atoms with E-state index in [0.29, 0.717) is 53.3 Å². The number of amides is 2. The van der Waals surface area contributed by atoms with Crippen LogP contribution in [0, 0.1) is 0 Å². The number of nitrogens with zero attached hydrogens (tertiary/aromatic N) is 1. The van der Waals surface area contributed by atoms with Crippen LogP contribution < -0.4 is 20.1 Å². The Balaban J connectivity index is 1.46. The van der Waals surface area contributed by atoms with E-state index in [1.54, 1.807) is 38.5 Å². The van der Waals surface area contributed by atoms with E-state index >= 15 is 0 Å². The molecule has 4 aromatic rings. The summed E-state index contributed by atoms with van der Waals surface area (Å²) in [6, 6.07) is 20.9. The summed E-state index contributed by atoms with van der Waals surface area (Å²) < 4.78 is 10.7. The number of pyridine rings is 1. The summed E-state index contributed by atoms with van der Waals surface area (Å²) >= 11 is 0. The summed E-state index contributed by atoms with van der Waals surface area (Å²) in [6.45, 7) is 0.754. The maximum Gasteiger partial charge on any atom is 0.252 e. The van der Waals surface area contributed by atoms with Gasteiger partial charge in [0.1, 0.15) is 5.75 Å². The van der Waals surface area contributed by atoms with Gasteiger partial charge < -0.3 is 25.2 Å². The molecular formula is C28H27N3O5. The lowest BCUT2D eigenvalue weighted by Crippen LogP contribution is -2.30. The Morgan fingerprint density at radius 1 is 0.833 bits per heavy atom. The van der Waals surface area contributed by atoms with E-state index in [1.165, 1.54) is 12.1 Å². The minimum atomic E-state index is -0.281. The number of phenolic OH excluding ortho intramolecular Hbond substituents is 1. The van der Waals surface area contributed by atoms with Gasteiger partial charge in [-0.25, -0.2) is 4.98 Å². The summed E-state index contributed by atoms with van der Waals surface area (Å²) in [4.78, 5) is 30.1. The number of aromatic hydroxyl groups is 1. The highest BCUT2D eigenvalue weighted by Gasteiger charge is 2.15. The topological polar surface area (TPSA) is 110 Å². The highest BCUT2D eigenvalue weighted by atomic mass is 16.5. The van der Waals surface area contributed by atoms with Crippen LogP contribution in [-0.2, 0) is 0 Å². The maximum atomic E-state index is 13.1. The predicted molar refractivity (Wildman–Crippen MR) is 138 cm³/mol. The molecule has 1 heterocycles. The van der Waals surface area contributed by atoms with Crippen molar-refractivity contribution in [1.29, 1.82) is 0 Å². The molecule has 0 aliphatic heterocycles. The van der Waals surface area contributed by atoms with Crippen LogP contribution in [0.3, 0.4) is 0 Å². The normalized spacial score (nSPS) is 10.6. The van der Waals surface area contributed by atoms with E-state index in [1.807, 2.05) is 36.4 Å². The minimum Gasteiger partial charge on any atom is -0.508 e. The van der Waals surface area contributed by atoms with Gasteiger partial charge in [-0.15, -0.1) is 0 Å². The smallest absolute Gasteiger partial charge is 0.252 e. The molecule has 0 fully saturated rings. The number of para-hydroxylation sites is 1. The van der Waals surface area contributed by atoms with Crippen LogP contribution in [-0.4, -0.2) is 49.2 Å². The number of nitrogens with one attached hydrogen (secondary N) is 2. The lowest BCUT2D eigenvalue weighted by Gasteiger charge is -2.13. The lowest BCUT2D eigenvalue weighted by molar-refractivity contribution is 0.0952. The third-order valence-electron chi connectivity index (χ3n) is 5.67. The number of hydrogen-bond donors (Lipinski definition) is 3. The van der Waals surface area contributed by atoms with Crippen LogP contribution in [0.5, 0.6) is 17.2 Å². The van der Waals surface area contributed by atoms with Crippen molar-refractivity contribution >= 4 is 22.7 Å². The molecule has 3 N–H and O–H groups in total. The van der Waals surface area contributed by atoms with Crippen molar-refractivity contribution in [2.24, 2.45) is 0 Å². The zero-order valence-corrected chi connectivity index (χ0v) is 20.1. The van der Waals surface area contributed by atoms with Gasteiger partial charge in [0.05, 0.1) is 31.0 Å². The van der Waals surface area contributed by atoms with Crippen molar-refractivity contribution in [2.45, 2.75) is 6.42 Å². The van der Waals surface area contributed by atoms with Gasteiger partial charge in [-0.2, -0.15) is 0 Å².